The molecular formula is C11H12BrN3O2S. The van der Waals surface area contributed by atoms with Crippen LogP contribution in [0.5, 0.6) is 0 Å². The van der Waals surface area contributed by atoms with Crippen molar-refractivity contribution in [3.05, 3.63) is 40.9 Å². The largest absolute Gasteiger partial charge is 0.356 e. The van der Waals surface area contributed by atoms with Gasteiger partial charge in [-0.3, -0.25) is 4.72 Å². The van der Waals surface area contributed by atoms with Crippen molar-refractivity contribution in [3.8, 4) is 0 Å². The third kappa shape index (κ3) is 2.73. The van der Waals surface area contributed by atoms with Crippen molar-refractivity contribution in [2.45, 2.75) is 11.8 Å². The van der Waals surface area contributed by atoms with Crippen LogP contribution in [0.3, 0.4) is 0 Å². The van der Waals surface area contributed by atoms with Gasteiger partial charge >= 0.3 is 0 Å². The fourth-order valence-corrected chi connectivity index (χ4v) is 2.77. The third-order valence-corrected chi connectivity index (χ3v) is 4.58. The minimum Gasteiger partial charge on any atom is -0.356 e. The SMILES string of the molecule is Cc1cc(NS(=O)(=O)c2ccn(C)c2)cnc1Br. The molecule has 0 radical (unpaired) electrons. The highest BCUT2D eigenvalue weighted by Gasteiger charge is 2.15. The van der Waals surface area contributed by atoms with Gasteiger partial charge in [0.15, 0.2) is 0 Å². The molecule has 0 spiro atoms. The Morgan fingerprint density at radius 1 is 1.44 bits per heavy atom. The Morgan fingerprint density at radius 3 is 2.72 bits per heavy atom. The Kier molecular flexibility index (Phi) is 3.45. The zero-order valence-corrected chi connectivity index (χ0v) is 12.3. The number of aromatic nitrogens is 2. The van der Waals surface area contributed by atoms with Crippen LogP contribution in [0, 0.1) is 6.92 Å². The second-order valence-electron chi connectivity index (χ2n) is 3.95. The topological polar surface area (TPSA) is 64.0 Å². The van der Waals surface area contributed by atoms with Gasteiger partial charge in [0.2, 0.25) is 0 Å². The summed E-state index contributed by atoms with van der Waals surface area (Å²) in [6.45, 7) is 1.84. The third-order valence-electron chi connectivity index (χ3n) is 2.38. The zero-order valence-electron chi connectivity index (χ0n) is 9.88. The molecule has 2 rings (SSSR count). The summed E-state index contributed by atoms with van der Waals surface area (Å²) in [6.07, 6.45) is 4.69. The van der Waals surface area contributed by atoms with Crippen LogP contribution in [-0.4, -0.2) is 18.0 Å². The summed E-state index contributed by atoms with van der Waals surface area (Å²) in [5.41, 5.74) is 1.31. The van der Waals surface area contributed by atoms with Gasteiger partial charge in [0.1, 0.15) is 9.50 Å². The van der Waals surface area contributed by atoms with Gasteiger partial charge in [-0.05, 0) is 40.5 Å². The van der Waals surface area contributed by atoms with Gasteiger partial charge in [-0.1, -0.05) is 0 Å². The Balaban J connectivity index is 2.30. The molecule has 0 aliphatic rings. The molecule has 0 aromatic carbocycles. The van der Waals surface area contributed by atoms with Crippen LogP contribution < -0.4 is 4.72 Å². The number of rotatable bonds is 3. The molecule has 2 aromatic heterocycles. The number of hydrogen-bond acceptors (Lipinski definition) is 3. The van der Waals surface area contributed by atoms with Gasteiger partial charge in [-0.25, -0.2) is 13.4 Å². The minimum absolute atomic E-state index is 0.227. The first-order chi connectivity index (χ1) is 8.38. The molecule has 0 amide bonds. The van der Waals surface area contributed by atoms with Crippen LogP contribution in [0.2, 0.25) is 0 Å². The fourth-order valence-electron chi connectivity index (χ4n) is 1.46. The van der Waals surface area contributed by atoms with Gasteiger partial charge in [-0.15, -0.1) is 0 Å². The molecule has 0 fully saturated rings. The standard InChI is InChI=1S/C11H12BrN3O2S/c1-8-5-9(6-13-11(8)12)14-18(16,17)10-3-4-15(2)7-10/h3-7,14H,1-2H3. The zero-order chi connectivity index (χ0) is 13.3. The second-order valence-corrected chi connectivity index (χ2v) is 6.38. The van der Waals surface area contributed by atoms with E-state index in [9.17, 15) is 8.42 Å². The van der Waals surface area contributed by atoms with E-state index in [0.717, 1.165) is 5.56 Å². The lowest BCUT2D eigenvalue weighted by Gasteiger charge is -2.07. The van der Waals surface area contributed by atoms with Gasteiger partial charge in [-0.2, -0.15) is 0 Å². The molecule has 96 valence electrons. The number of aryl methyl sites for hydroxylation is 2. The van der Waals surface area contributed by atoms with E-state index >= 15 is 0 Å². The van der Waals surface area contributed by atoms with Gasteiger partial charge in [0.25, 0.3) is 10.0 Å². The van der Waals surface area contributed by atoms with Crippen molar-refractivity contribution >= 4 is 31.6 Å². The number of pyridine rings is 1. The van der Waals surface area contributed by atoms with Gasteiger partial charge in [0, 0.05) is 19.4 Å². The molecule has 0 saturated heterocycles. The van der Waals surface area contributed by atoms with Crippen LogP contribution in [0.15, 0.2) is 40.2 Å². The molecule has 0 atom stereocenters. The van der Waals surface area contributed by atoms with Gasteiger partial charge < -0.3 is 4.57 Å². The van der Waals surface area contributed by atoms with Crippen LogP contribution in [-0.2, 0) is 17.1 Å². The maximum Gasteiger partial charge on any atom is 0.263 e. The summed E-state index contributed by atoms with van der Waals surface area (Å²) in [6, 6.07) is 3.26. The minimum atomic E-state index is -3.55. The van der Waals surface area contributed by atoms with E-state index in [0.29, 0.717) is 10.3 Å². The molecule has 0 aliphatic heterocycles. The average molecular weight is 330 g/mol. The van der Waals surface area contributed by atoms with Crippen molar-refractivity contribution in [3.63, 3.8) is 0 Å². The number of nitrogens with one attached hydrogen (secondary N) is 1. The fraction of sp³-hybridized carbons (Fsp3) is 0.182. The van der Waals surface area contributed by atoms with Gasteiger partial charge in [0.05, 0.1) is 11.9 Å². The van der Waals surface area contributed by atoms with E-state index in [2.05, 4.69) is 25.6 Å². The summed E-state index contributed by atoms with van der Waals surface area (Å²) in [5.74, 6) is 0. The molecule has 7 heteroatoms. The summed E-state index contributed by atoms with van der Waals surface area (Å²) in [4.78, 5) is 4.27. The van der Waals surface area contributed by atoms with Crippen molar-refractivity contribution in [2.75, 3.05) is 4.72 Å². The molecular weight excluding hydrogens is 318 g/mol. The Morgan fingerprint density at radius 2 is 2.17 bits per heavy atom. The highest BCUT2D eigenvalue weighted by atomic mass is 79.9. The lowest BCUT2D eigenvalue weighted by Crippen LogP contribution is -2.12. The number of hydrogen-bond donors (Lipinski definition) is 1. The van der Waals surface area contributed by atoms with Crippen molar-refractivity contribution < 1.29 is 8.42 Å². The molecule has 2 aromatic rings. The molecule has 1 N–H and O–H groups in total. The van der Waals surface area contributed by atoms with Crippen LogP contribution in [0.1, 0.15) is 5.56 Å². The first kappa shape index (κ1) is 13.1. The number of halogens is 1. The molecule has 0 saturated carbocycles. The quantitative estimate of drug-likeness (QED) is 0.879. The average Bonchev–Trinajstić information content (AvgIpc) is 2.71. The smallest absolute Gasteiger partial charge is 0.263 e. The van der Waals surface area contributed by atoms with E-state index in [1.165, 1.54) is 6.20 Å². The summed E-state index contributed by atoms with van der Waals surface area (Å²) in [7, 11) is -1.78. The molecule has 0 bridgehead atoms. The normalized spacial score (nSPS) is 11.5. The predicted octanol–water partition coefficient (Wildman–Crippen LogP) is 2.29. The highest BCUT2D eigenvalue weighted by molar-refractivity contribution is 9.10. The lowest BCUT2D eigenvalue weighted by atomic mass is 10.3. The van der Waals surface area contributed by atoms with Crippen LogP contribution in [0.4, 0.5) is 5.69 Å². The Labute approximate surface area is 114 Å². The maximum atomic E-state index is 12.0. The van der Waals surface area contributed by atoms with Crippen molar-refractivity contribution in [1.82, 2.24) is 9.55 Å². The number of anilines is 1. The monoisotopic (exact) mass is 329 g/mol. The number of sulfonamides is 1. The first-order valence-corrected chi connectivity index (χ1v) is 7.43. The molecule has 0 aliphatic carbocycles. The first-order valence-electron chi connectivity index (χ1n) is 5.15. The molecule has 0 unspecified atom stereocenters. The summed E-state index contributed by atoms with van der Waals surface area (Å²) >= 11 is 3.27. The van der Waals surface area contributed by atoms with E-state index in [1.54, 1.807) is 36.1 Å². The maximum absolute atomic E-state index is 12.0. The second kappa shape index (κ2) is 4.74. The predicted molar refractivity (Wildman–Crippen MR) is 72.9 cm³/mol. The summed E-state index contributed by atoms with van der Waals surface area (Å²) in [5, 5.41) is 0. The molecule has 2 heterocycles. The van der Waals surface area contributed by atoms with E-state index < -0.39 is 10.0 Å². The summed E-state index contributed by atoms with van der Waals surface area (Å²) < 4.78 is 29.0. The Bertz CT molecular complexity index is 679. The van der Waals surface area contributed by atoms with E-state index in [-0.39, 0.29) is 4.90 Å². The number of nitrogens with zero attached hydrogens (tertiary/aromatic N) is 2. The van der Waals surface area contributed by atoms with Crippen molar-refractivity contribution in [2.24, 2.45) is 7.05 Å². The highest BCUT2D eigenvalue weighted by Crippen LogP contribution is 2.20. The Hall–Kier alpha value is -1.34. The molecule has 18 heavy (non-hydrogen) atoms. The van der Waals surface area contributed by atoms with E-state index in [4.69, 9.17) is 0 Å². The van der Waals surface area contributed by atoms with Crippen LogP contribution in [0.25, 0.3) is 0 Å². The van der Waals surface area contributed by atoms with Crippen molar-refractivity contribution in [1.29, 1.82) is 0 Å². The molecule has 5 nitrogen and oxygen atoms in total. The lowest BCUT2D eigenvalue weighted by molar-refractivity contribution is 0.601. The van der Waals surface area contributed by atoms with Crippen LogP contribution >= 0.6 is 15.9 Å². The van der Waals surface area contributed by atoms with E-state index in [1.807, 2.05) is 6.92 Å².